The number of hydrogen-bond donors (Lipinski definition) is 3. The van der Waals surface area contributed by atoms with Crippen molar-refractivity contribution in [3.8, 4) is 6.07 Å². The van der Waals surface area contributed by atoms with Crippen LogP contribution in [0, 0.1) is 11.3 Å². The van der Waals surface area contributed by atoms with Crippen LogP contribution in [0.15, 0.2) is 24.3 Å². The molecule has 0 fully saturated rings. The van der Waals surface area contributed by atoms with E-state index in [1.807, 2.05) is 12.1 Å². The number of nitrogens with zero attached hydrogens (tertiary/aromatic N) is 1. The summed E-state index contributed by atoms with van der Waals surface area (Å²) in [5.41, 5.74) is 6.14. The molecule has 0 heterocycles. The molecule has 0 saturated heterocycles. The molecule has 0 saturated carbocycles. The summed E-state index contributed by atoms with van der Waals surface area (Å²) >= 11 is 4.88. The van der Waals surface area contributed by atoms with E-state index in [9.17, 15) is 9.59 Å². The Morgan fingerprint density at radius 3 is 2.27 bits per heavy atom. The van der Waals surface area contributed by atoms with E-state index in [-0.39, 0.29) is 22.9 Å². The first-order chi connectivity index (χ1) is 10.2. The highest BCUT2D eigenvalue weighted by Gasteiger charge is 2.14. The van der Waals surface area contributed by atoms with Crippen LogP contribution in [-0.2, 0) is 10.2 Å². The molecule has 0 aliphatic rings. The molecule has 0 spiro atoms. The van der Waals surface area contributed by atoms with Crippen molar-refractivity contribution in [2.75, 3.05) is 0 Å². The maximum atomic E-state index is 12.0. The quantitative estimate of drug-likeness (QED) is 0.568. The number of carbonyl (C=O) groups is 2. The highest BCUT2D eigenvalue weighted by molar-refractivity contribution is 7.80. The van der Waals surface area contributed by atoms with Crippen molar-refractivity contribution in [2.45, 2.75) is 32.6 Å². The largest absolute Gasteiger partial charge is 0.298 e. The third-order valence-electron chi connectivity index (χ3n) is 2.80. The Bertz CT molecular complexity index is 612. The molecule has 0 bridgehead atoms. The van der Waals surface area contributed by atoms with Gasteiger partial charge in [0, 0.05) is 5.56 Å². The van der Waals surface area contributed by atoms with Gasteiger partial charge in [-0.1, -0.05) is 32.9 Å². The second kappa shape index (κ2) is 7.52. The third-order valence-corrected chi connectivity index (χ3v) is 3.00. The fourth-order valence-electron chi connectivity index (χ4n) is 1.57. The van der Waals surface area contributed by atoms with E-state index in [0.717, 1.165) is 5.56 Å². The molecular formula is C15H18N4O2S. The van der Waals surface area contributed by atoms with Crippen molar-refractivity contribution < 1.29 is 9.59 Å². The third kappa shape index (κ3) is 5.50. The number of hydrazine groups is 1. The van der Waals surface area contributed by atoms with Crippen molar-refractivity contribution in [3.05, 3.63) is 35.4 Å². The predicted molar refractivity (Wildman–Crippen MR) is 86.7 cm³/mol. The Balaban J connectivity index is 2.57. The lowest BCUT2D eigenvalue weighted by Crippen LogP contribution is -2.48. The Kier molecular flexibility index (Phi) is 6.01. The van der Waals surface area contributed by atoms with Crippen LogP contribution in [0.1, 0.15) is 43.1 Å². The average molecular weight is 318 g/mol. The highest BCUT2D eigenvalue weighted by Crippen LogP contribution is 2.22. The fourth-order valence-corrected chi connectivity index (χ4v) is 1.71. The monoisotopic (exact) mass is 318 g/mol. The van der Waals surface area contributed by atoms with E-state index in [2.05, 4.69) is 36.9 Å². The normalized spacial score (nSPS) is 10.3. The summed E-state index contributed by atoms with van der Waals surface area (Å²) in [6.07, 6.45) is -0.294. The SMILES string of the molecule is CC(C)(C)c1ccc(C(=O)NC(=S)NNC(=O)CC#N)cc1. The van der Waals surface area contributed by atoms with Crippen LogP contribution in [-0.4, -0.2) is 16.9 Å². The summed E-state index contributed by atoms with van der Waals surface area (Å²) < 4.78 is 0. The van der Waals surface area contributed by atoms with Crippen LogP contribution >= 0.6 is 12.2 Å². The van der Waals surface area contributed by atoms with E-state index in [1.165, 1.54) is 0 Å². The van der Waals surface area contributed by atoms with Gasteiger partial charge in [-0.3, -0.25) is 25.8 Å². The van der Waals surface area contributed by atoms with Crippen molar-refractivity contribution in [3.63, 3.8) is 0 Å². The minimum Gasteiger partial charge on any atom is -0.298 e. The summed E-state index contributed by atoms with van der Waals surface area (Å²) in [6, 6.07) is 8.90. The van der Waals surface area contributed by atoms with E-state index >= 15 is 0 Å². The van der Waals surface area contributed by atoms with Gasteiger partial charge < -0.3 is 0 Å². The van der Waals surface area contributed by atoms with Gasteiger partial charge in [-0.2, -0.15) is 5.26 Å². The van der Waals surface area contributed by atoms with Gasteiger partial charge in [0.05, 0.1) is 6.07 Å². The summed E-state index contributed by atoms with van der Waals surface area (Å²) in [5, 5.41) is 10.7. The molecule has 6 nitrogen and oxygen atoms in total. The van der Waals surface area contributed by atoms with Gasteiger partial charge in [-0.05, 0) is 35.3 Å². The zero-order valence-corrected chi connectivity index (χ0v) is 13.5. The standard InChI is InChI=1S/C15H18N4O2S/c1-15(2,3)11-6-4-10(5-7-11)13(21)17-14(22)19-18-12(20)8-9-16/h4-7H,8H2,1-3H3,(H,18,20)(H2,17,19,21,22). The summed E-state index contributed by atoms with van der Waals surface area (Å²) in [6.45, 7) is 6.27. The maximum Gasteiger partial charge on any atom is 0.257 e. The molecule has 0 aliphatic heterocycles. The lowest BCUT2D eigenvalue weighted by molar-refractivity contribution is -0.120. The molecule has 3 N–H and O–H groups in total. The van der Waals surface area contributed by atoms with Gasteiger partial charge >= 0.3 is 0 Å². The van der Waals surface area contributed by atoms with Crippen molar-refractivity contribution in [1.29, 1.82) is 5.26 Å². The van der Waals surface area contributed by atoms with Gasteiger partial charge in [0.2, 0.25) is 0 Å². The van der Waals surface area contributed by atoms with Gasteiger partial charge in [-0.15, -0.1) is 0 Å². The van der Waals surface area contributed by atoms with Crippen molar-refractivity contribution >= 4 is 29.1 Å². The molecule has 0 aromatic heterocycles. The van der Waals surface area contributed by atoms with Crippen molar-refractivity contribution in [2.24, 2.45) is 0 Å². The number of amides is 2. The van der Waals surface area contributed by atoms with Crippen LogP contribution in [0.25, 0.3) is 0 Å². The van der Waals surface area contributed by atoms with Crippen molar-refractivity contribution in [1.82, 2.24) is 16.2 Å². The molecule has 22 heavy (non-hydrogen) atoms. The molecule has 1 rings (SSSR count). The highest BCUT2D eigenvalue weighted by atomic mass is 32.1. The lowest BCUT2D eigenvalue weighted by Gasteiger charge is -2.19. The molecule has 0 aliphatic carbocycles. The molecule has 1 aromatic rings. The smallest absolute Gasteiger partial charge is 0.257 e. The van der Waals surface area contributed by atoms with E-state index in [4.69, 9.17) is 17.5 Å². The van der Waals surface area contributed by atoms with E-state index in [0.29, 0.717) is 5.56 Å². The minimum absolute atomic E-state index is 0.0108. The topological polar surface area (TPSA) is 94.0 Å². The summed E-state index contributed by atoms with van der Waals surface area (Å²) in [4.78, 5) is 23.0. The fraction of sp³-hybridized carbons (Fsp3) is 0.333. The van der Waals surface area contributed by atoms with Crippen LogP contribution in [0.3, 0.4) is 0 Å². The number of hydrogen-bond acceptors (Lipinski definition) is 4. The first-order valence-electron chi connectivity index (χ1n) is 6.61. The summed E-state index contributed by atoms with van der Waals surface area (Å²) in [5.74, 6) is -0.916. The number of nitrogens with one attached hydrogen (secondary N) is 3. The molecular weight excluding hydrogens is 300 g/mol. The second-order valence-electron chi connectivity index (χ2n) is 5.62. The van der Waals surface area contributed by atoms with Crippen LogP contribution < -0.4 is 16.2 Å². The van der Waals surface area contributed by atoms with Gasteiger partial charge in [0.25, 0.3) is 11.8 Å². The molecule has 0 atom stereocenters. The predicted octanol–water partition coefficient (Wildman–Crippen LogP) is 1.53. The first kappa shape index (κ1) is 17.6. The molecule has 0 unspecified atom stereocenters. The zero-order valence-electron chi connectivity index (χ0n) is 12.7. The van der Waals surface area contributed by atoms with E-state index in [1.54, 1.807) is 18.2 Å². The molecule has 7 heteroatoms. The first-order valence-corrected chi connectivity index (χ1v) is 7.02. The Hall–Kier alpha value is -2.46. The summed E-state index contributed by atoms with van der Waals surface area (Å²) in [7, 11) is 0. The minimum atomic E-state index is -0.534. The molecule has 116 valence electrons. The van der Waals surface area contributed by atoms with Crippen LogP contribution in [0.5, 0.6) is 0 Å². The average Bonchev–Trinajstić information content (AvgIpc) is 2.44. The number of thiocarbonyl (C=S) groups is 1. The number of rotatable bonds is 2. The van der Waals surface area contributed by atoms with Crippen LogP contribution in [0.4, 0.5) is 0 Å². The maximum absolute atomic E-state index is 12.0. The van der Waals surface area contributed by atoms with Gasteiger partial charge in [-0.25, -0.2) is 0 Å². The molecule has 0 radical (unpaired) electrons. The Labute approximate surface area is 134 Å². The Morgan fingerprint density at radius 1 is 1.18 bits per heavy atom. The number of carbonyl (C=O) groups excluding carboxylic acids is 2. The van der Waals surface area contributed by atoms with Gasteiger partial charge in [0.15, 0.2) is 5.11 Å². The number of benzene rings is 1. The van der Waals surface area contributed by atoms with Crippen LogP contribution in [0.2, 0.25) is 0 Å². The van der Waals surface area contributed by atoms with Gasteiger partial charge in [0.1, 0.15) is 6.42 Å². The lowest BCUT2D eigenvalue weighted by atomic mass is 9.87. The second-order valence-corrected chi connectivity index (χ2v) is 6.03. The number of nitriles is 1. The Morgan fingerprint density at radius 2 is 1.77 bits per heavy atom. The zero-order chi connectivity index (χ0) is 16.8. The molecule has 1 aromatic carbocycles. The van der Waals surface area contributed by atoms with E-state index < -0.39 is 5.91 Å². The molecule has 2 amide bonds.